The van der Waals surface area contributed by atoms with Gasteiger partial charge in [0, 0.05) is 31.0 Å². The number of oxazole rings is 1. The van der Waals surface area contributed by atoms with Gasteiger partial charge in [-0.15, -0.1) is 24.8 Å². The summed E-state index contributed by atoms with van der Waals surface area (Å²) in [6, 6.07) is 3.20. The third-order valence-corrected chi connectivity index (χ3v) is 3.06. The van der Waals surface area contributed by atoms with E-state index in [-0.39, 0.29) is 54.9 Å². The third kappa shape index (κ3) is 7.37. The van der Waals surface area contributed by atoms with Gasteiger partial charge in [-0.2, -0.15) is 0 Å². The van der Waals surface area contributed by atoms with Crippen LogP contribution in [0.5, 0.6) is 0 Å². The van der Waals surface area contributed by atoms with E-state index in [1.54, 1.807) is 0 Å². The van der Waals surface area contributed by atoms with Crippen LogP contribution in [0.3, 0.4) is 0 Å². The van der Waals surface area contributed by atoms with E-state index >= 15 is 0 Å². The average Bonchev–Trinajstić information content (AvgIpc) is 2.91. The van der Waals surface area contributed by atoms with Gasteiger partial charge in [0.05, 0.1) is 11.8 Å². The van der Waals surface area contributed by atoms with Crippen molar-refractivity contribution in [3.63, 3.8) is 0 Å². The summed E-state index contributed by atoms with van der Waals surface area (Å²) < 4.78 is 32.0. The number of benzene rings is 1. The van der Waals surface area contributed by atoms with Gasteiger partial charge in [0.1, 0.15) is 11.6 Å². The first kappa shape index (κ1) is 23.3. The van der Waals surface area contributed by atoms with Crippen molar-refractivity contribution in [2.75, 3.05) is 6.54 Å². The van der Waals surface area contributed by atoms with Gasteiger partial charge in [-0.25, -0.2) is 13.8 Å². The topological polar surface area (TPSA) is 81.1 Å². The molecule has 0 aliphatic heterocycles. The second kappa shape index (κ2) is 9.70. The number of rotatable bonds is 6. The van der Waals surface area contributed by atoms with Gasteiger partial charge in [-0.3, -0.25) is 4.79 Å². The minimum Gasteiger partial charge on any atom is -0.441 e. The molecule has 140 valence electrons. The number of amides is 1. The van der Waals surface area contributed by atoms with Crippen molar-refractivity contribution in [3.05, 3.63) is 41.9 Å². The molecule has 1 heterocycles. The largest absolute Gasteiger partial charge is 0.441 e. The molecule has 25 heavy (non-hydrogen) atoms. The molecule has 0 saturated heterocycles. The Balaban J connectivity index is 0.00000288. The highest BCUT2D eigenvalue weighted by molar-refractivity contribution is 5.85. The van der Waals surface area contributed by atoms with Crippen LogP contribution in [-0.4, -0.2) is 23.0 Å². The van der Waals surface area contributed by atoms with E-state index in [1.165, 1.54) is 12.3 Å². The smallest absolute Gasteiger partial charge is 0.220 e. The number of hydrogen-bond acceptors (Lipinski definition) is 4. The molecule has 0 unspecified atom stereocenters. The molecule has 0 aliphatic rings. The average molecular weight is 396 g/mol. The molecule has 3 N–H and O–H groups in total. The Hall–Kier alpha value is -1.70. The lowest BCUT2D eigenvalue weighted by molar-refractivity contribution is -0.121. The van der Waals surface area contributed by atoms with Gasteiger partial charge in [-0.05, 0) is 26.0 Å². The zero-order valence-corrected chi connectivity index (χ0v) is 15.5. The van der Waals surface area contributed by atoms with E-state index in [0.717, 1.165) is 12.1 Å². The number of carbonyl (C=O) groups is 1. The third-order valence-electron chi connectivity index (χ3n) is 3.06. The summed E-state index contributed by atoms with van der Waals surface area (Å²) >= 11 is 0. The number of nitrogens with two attached hydrogens (primary N) is 1. The first-order valence-corrected chi connectivity index (χ1v) is 7.20. The van der Waals surface area contributed by atoms with Crippen LogP contribution in [0.1, 0.15) is 26.2 Å². The highest BCUT2D eigenvalue weighted by Crippen LogP contribution is 2.24. The summed E-state index contributed by atoms with van der Waals surface area (Å²) in [6.45, 7) is 3.99. The Morgan fingerprint density at radius 3 is 2.60 bits per heavy atom. The number of carbonyl (C=O) groups excluding carboxylic acids is 1. The fourth-order valence-electron chi connectivity index (χ4n) is 1.87. The van der Waals surface area contributed by atoms with Crippen LogP contribution >= 0.6 is 24.8 Å². The van der Waals surface area contributed by atoms with E-state index in [0.29, 0.717) is 12.4 Å². The summed E-state index contributed by atoms with van der Waals surface area (Å²) in [5, 5.41) is 2.71. The van der Waals surface area contributed by atoms with Crippen molar-refractivity contribution in [3.8, 4) is 11.3 Å². The van der Waals surface area contributed by atoms with E-state index in [4.69, 9.17) is 10.2 Å². The van der Waals surface area contributed by atoms with Crippen LogP contribution in [0.15, 0.2) is 28.8 Å². The van der Waals surface area contributed by atoms with Crippen molar-refractivity contribution in [2.24, 2.45) is 5.73 Å². The zero-order valence-electron chi connectivity index (χ0n) is 13.8. The number of aromatic nitrogens is 1. The monoisotopic (exact) mass is 395 g/mol. The molecule has 0 bridgehead atoms. The Morgan fingerprint density at radius 1 is 1.32 bits per heavy atom. The van der Waals surface area contributed by atoms with E-state index < -0.39 is 17.2 Å². The van der Waals surface area contributed by atoms with Crippen molar-refractivity contribution >= 4 is 30.7 Å². The highest BCUT2D eigenvalue weighted by atomic mass is 35.5. The van der Waals surface area contributed by atoms with Crippen LogP contribution in [-0.2, 0) is 11.2 Å². The van der Waals surface area contributed by atoms with Gasteiger partial charge in [-0.1, -0.05) is 0 Å². The minimum absolute atomic E-state index is 0. The number of halogens is 4. The molecule has 1 amide bonds. The maximum Gasteiger partial charge on any atom is 0.220 e. The van der Waals surface area contributed by atoms with E-state index in [9.17, 15) is 13.6 Å². The zero-order chi connectivity index (χ0) is 17.0. The summed E-state index contributed by atoms with van der Waals surface area (Å²) in [4.78, 5) is 15.7. The highest BCUT2D eigenvalue weighted by Gasteiger charge is 2.14. The molecule has 0 atom stereocenters. The van der Waals surface area contributed by atoms with Gasteiger partial charge in [0.15, 0.2) is 11.7 Å². The summed E-state index contributed by atoms with van der Waals surface area (Å²) in [7, 11) is 0. The summed E-state index contributed by atoms with van der Waals surface area (Å²) in [6.07, 6.45) is 1.81. The maximum absolute atomic E-state index is 13.7. The Morgan fingerprint density at radius 2 is 2.00 bits per heavy atom. The van der Waals surface area contributed by atoms with Crippen LogP contribution < -0.4 is 11.1 Å². The van der Waals surface area contributed by atoms with Gasteiger partial charge < -0.3 is 15.5 Å². The van der Waals surface area contributed by atoms with Crippen LogP contribution in [0, 0.1) is 11.6 Å². The molecule has 1 aromatic heterocycles. The van der Waals surface area contributed by atoms with Crippen LogP contribution in [0.4, 0.5) is 8.78 Å². The van der Waals surface area contributed by atoms with E-state index in [2.05, 4.69) is 10.3 Å². The predicted octanol–water partition coefficient (Wildman–Crippen LogP) is 3.25. The molecule has 0 radical (unpaired) electrons. The molecule has 2 rings (SSSR count). The van der Waals surface area contributed by atoms with Gasteiger partial charge in [0.25, 0.3) is 0 Å². The molecule has 0 fully saturated rings. The second-order valence-electron chi connectivity index (χ2n) is 6.01. The molecule has 0 aliphatic carbocycles. The lowest BCUT2D eigenvalue weighted by Crippen LogP contribution is -2.45. The van der Waals surface area contributed by atoms with Crippen molar-refractivity contribution in [1.82, 2.24) is 10.3 Å². The van der Waals surface area contributed by atoms with Gasteiger partial charge >= 0.3 is 0 Å². The normalized spacial score (nSPS) is 10.6. The molecule has 0 spiro atoms. The van der Waals surface area contributed by atoms with Gasteiger partial charge in [0.2, 0.25) is 5.91 Å². The number of nitrogens with one attached hydrogen (secondary N) is 1. The Labute approximate surface area is 157 Å². The molecular formula is C16H21Cl2F2N3O2. The number of aryl methyl sites for hydroxylation is 1. The number of hydrogen-bond donors (Lipinski definition) is 2. The lowest BCUT2D eigenvalue weighted by atomic mass is 10.1. The molecule has 5 nitrogen and oxygen atoms in total. The fraction of sp³-hybridized carbons (Fsp3) is 0.375. The standard InChI is InChI=1S/C16H19F2N3O2.2ClH/c1-16(2,19)9-21-14(22)5-6-15-20-8-13(23-15)11-4-3-10(17)7-12(11)18;;/h3-4,7-8H,5-6,9,19H2,1-2H3,(H,21,22);2*1H. The van der Waals surface area contributed by atoms with Crippen LogP contribution in [0.25, 0.3) is 11.3 Å². The SMILES string of the molecule is CC(C)(N)CNC(=O)CCc1ncc(-c2ccc(F)cc2F)o1.Cl.Cl. The molecule has 0 saturated carbocycles. The summed E-state index contributed by atoms with van der Waals surface area (Å²) in [5.74, 6) is -1.05. The first-order chi connectivity index (χ1) is 10.7. The summed E-state index contributed by atoms with van der Waals surface area (Å²) in [5.41, 5.74) is 5.42. The molecular weight excluding hydrogens is 375 g/mol. The fourth-order valence-corrected chi connectivity index (χ4v) is 1.87. The predicted molar refractivity (Wildman–Crippen MR) is 95.9 cm³/mol. The second-order valence-corrected chi connectivity index (χ2v) is 6.01. The maximum atomic E-state index is 13.7. The lowest BCUT2D eigenvalue weighted by Gasteiger charge is -2.18. The van der Waals surface area contributed by atoms with Crippen molar-refractivity contribution in [2.45, 2.75) is 32.2 Å². The quantitative estimate of drug-likeness (QED) is 0.786. The van der Waals surface area contributed by atoms with Crippen molar-refractivity contribution in [1.29, 1.82) is 0 Å². The molecule has 2 aromatic rings. The van der Waals surface area contributed by atoms with Crippen molar-refractivity contribution < 1.29 is 18.0 Å². The Bertz CT molecular complexity index is 703. The first-order valence-electron chi connectivity index (χ1n) is 7.20. The Kier molecular flexibility index (Phi) is 9.04. The van der Waals surface area contributed by atoms with E-state index in [1.807, 2.05) is 13.8 Å². The van der Waals surface area contributed by atoms with Crippen LogP contribution in [0.2, 0.25) is 0 Å². The number of nitrogens with zero attached hydrogens (tertiary/aromatic N) is 1. The molecule has 1 aromatic carbocycles. The molecule has 9 heteroatoms. The minimum atomic E-state index is -0.726.